The number of halogens is 1. The number of hydrogen-bond acceptors (Lipinski definition) is 5. The first kappa shape index (κ1) is 21.3. The van der Waals surface area contributed by atoms with Crippen molar-refractivity contribution in [1.29, 1.82) is 0 Å². The lowest BCUT2D eigenvalue weighted by Crippen LogP contribution is -2.05. The number of non-ortho nitro benzene ring substituents is 1. The number of thioether (sulfide) groups is 1. The number of nitro groups is 1. The van der Waals surface area contributed by atoms with Crippen LogP contribution >= 0.6 is 27.7 Å². The molecule has 0 N–H and O–H groups in total. The van der Waals surface area contributed by atoms with Crippen LogP contribution in [0.2, 0.25) is 0 Å². The van der Waals surface area contributed by atoms with Crippen molar-refractivity contribution in [1.82, 2.24) is 14.8 Å². The van der Waals surface area contributed by atoms with Gasteiger partial charge in [-0.15, -0.1) is 10.2 Å². The van der Waals surface area contributed by atoms with Crippen molar-refractivity contribution in [2.24, 2.45) is 0 Å². The molecule has 8 heteroatoms. The van der Waals surface area contributed by atoms with E-state index < -0.39 is 0 Å². The average molecular weight is 495 g/mol. The fraction of sp³-hybridized carbons (Fsp3) is 0.130. The summed E-state index contributed by atoms with van der Waals surface area (Å²) in [6.45, 7) is 0.755. The van der Waals surface area contributed by atoms with Crippen LogP contribution in [0, 0.1) is 10.1 Å². The summed E-state index contributed by atoms with van der Waals surface area (Å²) in [5.41, 5.74) is 3.35. The van der Waals surface area contributed by atoms with E-state index >= 15 is 0 Å². The van der Waals surface area contributed by atoms with E-state index in [0.717, 1.165) is 39.5 Å². The van der Waals surface area contributed by atoms with E-state index in [9.17, 15) is 10.1 Å². The molecule has 0 bridgehead atoms. The zero-order valence-corrected chi connectivity index (χ0v) is 18.9. The highest BCUT2D eigenvalue weighted by Crippen LogP contribution is 2.28. The molecule has 156 valence electrons. The van der Waals surface area contributed by atoms with Gasteiger partial charge in [0.2, 0.25) is 0 Å². The first-order chi connectivity index (χ1) is 15.1. The van der Waals surface area contributed by atoms with Gasteiger partial charge in [0.1, 0.15) is 0 Å². The first-order valence-electron chi connectivity index (χ1n) is 9.69. The van der Waals surface area contributed by atoms with Crippen molar-refractivity contribution >= 4 is 33.4 Å². The van der Waals surface area contributed by atoms with Crippen LogP contribution in [-0.2, 0) is 18.7 Å². The van der Waals surface area contributed by atoms with Gasteiger partial charge in [0.05, 0.1) is 4.92 Å². The lowest BCUT2D eigenvalue weighted by atomic mass is 10.1. The fourth-order valence-corrected chi connectivity index (χ4v) is 4.34. The molecule has 0 radical (unpaired) electrons. The predicted octanol–water partition coefficient (Wildman–Crippen LogP) is 6.15. The van der Waals surface area contributed by atoms with Gasteiger partial charge in [-0.1, -0.05) is 82.3 Å². The first-order valence-corrected chi connectivity index (χ1v) is 11.5. The van der Waals surface area contributed by atoms with Crippen molar-refractivity contribution in [2.75, 3.05) is 0 Å². The summed E-state index contributed by atoms with van der Waals surface area (Å²) in [6.07, 6.45) is 0.869. The van der Waals surface area contributed by atoms with Crippen LogP contribution in [0.4, 0.5) is 5.69 Å². The molecule has 6 nitrogen and oxygen atoms in total. The molecule has 0 saturated heterocycles. The summed E-state index contributed by atoms with van der Waals surface area (Å²) in [7, 11) is 0. The summed E-state index contributed by atoms with van der Waals surface area (Å²) in [5, 5.41) is 20.6. The average Bonchev–Trinajstić information content (AvgIpc) is 3.20. The summed E-state index contributed by atoms with van der Waals surface area (Å²) in [5.74, 6) is 1.48. The second kappa shape index (κ2) is 9.89. The van der Waals surface area contributed by atoms with Crippen molar-refractivity contribution in [3.63, 3.8) is 0 Å². The van der Waals surface area contributed by atoms with Gasteiger partial charge >= 0.3 is 0 Å². The molecule has 4 aromatic rings. The van der Waals surface area contributed by atoms with Crippen LogP contribution < -0.4 is 0 Å². The van der Waals surface area contributed by atoms with E-state index in [4.69, 9.17) is 0 Å². The summed E-state index contributed by atoms with van der Waals surface area (Å²) in [4.78, 5) is 10.5. The normalized spacial score (nSPS) is 10.9. The highest BCUT2D eigenvalue weighted by molar-refractivity contribution is 9.10. The molecule has 3 aromatic carbocycles. The maximum absolute atomic E-state index is 10.9. The summed E-state index contributed by atoms with van der Waals surface area (Å²) in [6, 6.07) is 25.0. The van der Waals surface area contributed by atoms with Crippen LogP contribution in [0.15, 0.2) is 88.5 Å². The highest BCUT2D eigenvalue weighted by Gasteiger charge is 2.15. The number of rotatable bonds is 8. The van der Waals surface area contributed by atoms with Crippen molar-refractivity contribution in [3.8, 4) is 11.4 Å². The Morgan fingerprint density at radius 2 is 1.61 bits per heavy atom. The van der Waals surface area contributed by atoms with E-state index in [2.05, 4.69) is 42.8 Å². The third-order valence-electron chi connectivity index (χ3n) is 4.80. The summed E-state index contributed by atoms with van der Waals surface area (Å²) >= 11 is 5.06. The molecule has 1 heterocycles. The zero-order valence-electron chi connectivity index (χ0n) is 16.5. The molecule has 31 heavy (non-hydrogen) atoms. The minimum Gasteiger partial charge on any atom is -0.302 e. The number of benzene rings is 3. The lowest BCUT2D eigenvalue weighted by molar-refractivity contribution is -0.384. The van der Waals surface area contributed by atoms with Gasteiger partial charge in [-0.2, -0.15) is 0 Å². The largest absolute Gasteiger partial charge is 0.302 e. The Morgan fingerprint density at radius 1 is 0.903 bits per heavy atom. The number of aromatic nitrogens is 3. The van der Waals surface area contributed by atoms with Crippen LogP contribution in [0.1, 0.15) is 11.1 Å². The van der Waals surface area contributed by atoms with E-state index in [-0.39, 0.29) is 10.6 Å². The van der Waals surface area contributed by atoms with Crippen LogP contribution in [0.3, 0.4) is 0 Å². The molecule has 0 atom stereocenters. The smallest absolute Gasteiger partial charge is 0.269 e. The van der Waals surface area contributed by atoms with E-state index in [0.29, 0.717) is 5.75 Å². The molecule has 0 spiro atoms. The van der Waals surface area contributed by atoms with Gasteiger partial charge in [0.25, 0.3) is 5.69 Å². The molecular formula is C23H19BrN4O2S. The maximum Gasteiger partial charge on any atom is 0.269 e. The van der Waals surface area contributed by atoms with Crippen LogP contribution in [0.25, 0.3) is 11.4 Å². The van der Waals surface area contributed by atoms with E-state index in [1.54, 1.807) is 23.9 Å². The molecule has 0 aliphatic heterocycles. The van der Waals surface area contributed by atoms with Crippen molar-refractivity contribution < 1.29 is 4.92 Å². The Kier molecular flexibility index (Phi) is 6.79. The third-order valence-corrected chi connectivity index (χ3v) is 6.37. The second-order valence-electron chi connectivity index (χ2n) is 6.91. The van der Waals surface area contributed by atoms with Gasteiger partial charge in [-0.25, -0.2) is 0 Å². The van der Waals surface area contributed by atoms with E-state index in [1.807, 2.05) is 42.5 Å². The third kappa shape index (κ3) is 5.39. The minimum atomic E-state index is -0.387. The Bertz CT molecular complexity index is 1160. The molecule has 0 amide bonds. The van der Waals surface area contributed by atoms with Gasteiger partial charge < -0.3 is 4.57 Å². The second-order valence-corrected chi connectivity index (χ2v) is 8.77. The van der Waals surface area contributed by atoms with Crippen LogP contribution in [-0.4, -0.2) is 19.7 Å². The molecule has 1 aromatic heterocycles. The Hall–Kier alpha value is -2.97. The predicted molar refractivity (Wildman–Crippen MR) is 126 cm³/mol. The highest BCUT2D eigenvalue weighted by atomic mass is 79.9. The SMILES string of the molecule is O=[N+]([O-])c1ccc(CSc2nnc(-c3ccc(Br)cc3)n2CCc2ccccc2)cc1. The Morgan fingerprint density at radius 3 is 2.29 bits per heavy atom. The maximum atomic E-state index is 10.9. The standard InChI is InChI=1S/C23H19BrN4O2S/c24-20-10-8-19(9-11-20)22-25-26-23(27(22)15-14-17-4-2-1-3-5-17)31-16-18-6-12-21(13-7-18)28(29)30/h1-13H,14-16H2. The number of nitrogens with zero attached hydrogens (tertiary/aromatic N) is 4. The van der Waals surface area contributed by atoms with Gasteiger partial charge in [-0.3, -0.25) is 10.1 Å². The van der Waals surface area contributed by atoms with Gasteiger partial charge in [0.15, 0.2) is 11.0 Å². The fourth-order valence-electron chi connectivity index (χ4n) is 3.16. The lowest BCUT2D eigenvalue weighted by Gasteiger charge is -2.11. The quantitative estimate of drug-likeness (QED) is 0.167. The molecule has 0 unspecified atom stereocenters. The van der Waals surface area contributed by atoms with Crippen LogP contribution in [0.5, 0.6) is 0 Å². The molecule has 0 fully saturated rings. The molecule has 0 saturated carbocycles. The topological polar surface area (TPSA) is 73.8 Å². The monoisotopic (exact) mass is 494 g/mol. The summed E-state index contributed by atoms with van der Waals surface area (Å²) < 4.78 is 3.16. The number of nitro benzene ring substituents is 1. The van der Waals surface area contributed by atoms with Gasteiger partial charge in [-0.05, 0) is 29.7 Å². The Labute approximate surface area is 192 Å². The minimum absolute atomic E-state index is 0.0947. The van der Waals surface area contributed by atoms with Crippen molar-refractivity contribution in [2.45, 2.75) is 23.9 Å². The number of aryl methyl sites for hydroxylation is 1. The van der Waals surface area contributed by atoms with Gasteiger partial charge in [0, 0.05) is 34.5 Å². The molecule has 0 aliphatic carbocycles. The zero-order chi connectivity index (χ0) is 21.6. The van der Waals surface area contributed by atoms with E-state index in [1.165, 1.54) is 17.7 Å². The molecule has 0 aliphatic rings. The molecule has 4 rings (SSSR count). The Balaban J connectivity index is 1.57. The molecular weight excluding hydrogens is 476 g/mol. The van der Waals surface area contributed by atoms with Crippen molar-refractivity contribution in [3.05, 3.63) is 105 Å². The number of hydrogen-bond donors (Lipinski definition) is 0.